The molecule has 1 aromatic heterocycles. The second kappa shape index (κ2) is 7.34. The summed E-state index contributed by atoms with van der Waals surface area (Å²) in [5, 5.41) is 1.47. The molecule has 0 saturated heterocycles. The van der Waals surface area contributed by atoms with Crippen LogP contribution in [0.3, 0.4) is 0 Å². The lowest BCUT2D eigenvalue weighted by Crippen LogP contribution is -2.38. The van der Waals surface area contributed by atoms with Crippen LogP contribution in [0.5, 0.6) is 0 Å². The Hall–Kier alpha value is -2.59. The van der Waals surface area contributed by atoms with Gasteiger partial charge in [0.2, 0.25) is 0 Å². The number of carbonyl (C=O) groups excluding carboxylic acids is 1. The van der Waals surface area contributed by atoms with E-state index >= 15 is 0 Å². The van der Waals surface area contributed by atoms with Crippen molar-refractivity contribution in [3.63, 3.8) is 0 Å². The number of aromatic amines is 1. The Morgan fingerprint density at radius 1 is 1.15 bits per heavy atom. The Balaban J connectivity index is 1.98. The van der Waals surface area contributed by atoms with Crippen LogP contribution in [0.2, 0.25) is 5.02 Å². The Morgan fingerprint density at radius 2 is 1.88 bits per heavy atom. The molecule has 1 N–H and O–H groups in total. The van der Waals surface area contributed by atoms with Gasteiger partial charge in [-0.25, -0.2) is 0 Å². The average molecular weight is 369 g/mol. The number of aromatic nitrogens is 1. The van der Waals surface area contributed by atoms with Crippen LogP contribution in [0.4, 0.5) is 0 Å². The molecule has 1 heterocycles. The van der Waals surface area contributed by atoms with Crippen molar-refractivity contribution in [2.45, 2.75) is 33.4 Å². The van der Waals surface area contributed by atoms with E-state index in [2.05, 4.69) is 4.98 Å². The van der Waals surface area contributed by atoms with E-state index in [-0.39, 0.29) is 24.1 Å². The third-order valence-electron chi connectivity index (χ3n) is 4.46. The molecule has 0 fully saturated rings. The first-order valence-electron chi connectivity index (χ1n) is 8.55. The molecule has 0 aliphatic rings. The van der Waals surface area contributed by atoms with E-state index in [1.165, 1.54) is 0 Å². The van der Waals surface area contributed by atoms with Gasteiger partial charge in [0.15, 0.2) is 0 Å². The second-order valence-electron chi connectivity index (χ2n) is 6.70. The molecule has 0 bridgehead atoms. The van der Waals surface area contributed by atoms with Gasteiger partial charge >= 0.3 is 0 Å². The van der Waals surface area contributed by atoms with Crippen molar-refractivity contribution in [2.24, 2.45) is 0 Å². The first kappa shape index (κ1) is 18.2. The van der Waals surface area contributed by atoms with Crippen LogP contribution in [-0.2, 0) is 6.54 Å². The zero-order valence-electron chi connectivity index (χ0n) is 15.0. The zero-order valence-corrected chi connectivity index (χ0v) is 15.8. The fourth-order valence-corrected chi connectivity index (χ4v) is 3.20. The number of halogens is 1. The molecule has 1 amide bonds. The average Bonchev–Trinajstić information content (AvgIpc) is 2.60. The Kier molecular flexibility index (Phi) is 5.14. The van der Waals surface area contributed by atoms with Gasteiger partial charge in [-0.3, -0.25) is 9.59 Å². The number of nitrogens with zero attached hydrogens (tertiary/aromatic N) is 1. The fourth-order valence-electron chi connectivity index (χ4n) is 3.01. The number of hydrogen-bond donors (Lipinski definition) is 1. The molecule has 0 saturated carbocycles. The third-order valence-corrected chi connectivity index (χ3v) is 4.70. The highest BCUT2D eigenvalue weighted by atomic mass is 35.5. The number of hydrogen-bond acceptors (Lipinski definition) is 2. The minimum absolute atomic E-state index is 0.0610. The zero-order chi connectivity index (χ0) is 18.8. The molecule has 0 aliphatic carbocycles. The van der Waals surface area contributed by atoms with Crippen molar-refractivity contribution in [1.29, 1.82) is 0 Å². The molecule has 5 heteroatoms. The first-order chi connectivity index (χ1) is 12.4. The third kappa shape index (κ3) is 3.65. The Bertz CT molecular complexity index is 1020. The largest absolute Gasteiger partial charge is 0.332 e. The summed E-state index contributed by atoms with van der Waals surface area (Å²) in [5.74, 6) is -0.147. The van der Waals surface area contributed by atoms with Gasteiger partial charge < -0.3 is 9.88 Å². The van der Waals surface area contributed by atoms with Crippen LogP contribution in [0.15, 0.2) is 53.3 Å². The number of pyridine rings is 1. The number of amides is 1. The summed E-state index contributed by atoms with van der Waals surface area (Å²) < 4.78 is 0. The van der Waals surface area contributed by atoms with Gasteiger partial charge in [0.1, 0.15) is 0 Å². The molecular formula is C21H21ClN2O2. The normalized spacial score (nSPS) is 11.1. The number of nitrogens with one attached hydrogen (secondary N) is 1. The minimum atomic E-state index is -0.170. The quantitative estimate of drug-likeness (QED) is 0.735. The van der Waals surface area contributed by atoms with Crippen molar-refractivity contribution in [3.8, 4) is 0 Å². The van der Waals surface area contributed by atoms with Gasteiger partial charge in [0, 0.05) is 22.2 Å². The van der Waals surface area contributed by atoms with Crippen LogP contribution in [0, 0.1) is 6.92 Å². The lowest BCUT2D eigenvalue weighted by atomic mass is 10.1. The Morgan fingerprint density at radius 3 is 2.58 bits per heavy atom. The number of para-hydroxylation sites is 1. The van der Waals surface area contributed by atoms with E-state index in [0.717, 1.165) is 16.5 Å². The number of aryl methyl sites for hydroxylation is 1. The number of benzene rings is 2. The predicted octanol–water partition coefficient (Wildman–Crippen LogP) is 4.54. The van der Waals surface area contributed by atoms with Gasteiger partial charge in [-0.15, -0.1) is 0 Å². The van der Waals surface area contributed by atoms with Crippen LogP contribution in [0.25, 0.3) is 10.9 Å². The molecule has 0 radical (unpaired) electrons. The molecule has 4 nitrogen and oxygen atoms in total. The summed E-state index contributed by atoms with van der Waals surface area (Å²) in [6, 6.07) is 14.5. The van der Waals surface area contributed by atoms with Crippen molar-refractivity contribution < 1.29 is 4.79 Å². The van der Waals surface area contributed by atoms with E-state index in [1.54, 1.807) is 29.2 Å². The van der Waals surface area contributed by atoms with Crippen LogP contribution >= 0.6 is 11.6 Å². The van der Waals surface area contributed by atoms with Crippen molar-refractivity contribution in [2.75, 3.05) is 0 Å². The molecule has 0 aliphatic heterocycles. The predicted molar refractivity (Wildman–Crippen MR) is 106 cm³/mol. The van der Waals surface area contributed by atoms with E-state index in [9.17, 15) is 9.59 Å². The molecule has 0 atom stereocenters. The summed E-state index contributed by atoms with van der Waals surface area (Å²) in [6.07, 6.45) is 0. The first-order valence-corrected chi connectivity index (χ1v) is 8.92. The van der Waals surface area contributed by atoms with Crippen LogP contribution < -0.4 is 5.56 Å². The number of H-pyrrole nitrogens is 1. The highest BCUT2D eigenvalue weighted by Gasteiger charge is 2.21. The Labute approximate surface area is 157 Å². The van der Waals surface area contributed by atoms with Gasteiger partial charge in [0.25, 0.3) is 11.5 Å². The fraction of sp³-hybridized carbons (Fsp3) is 0.238. The van der Waals surface area contributed by atoms with Gasteiger partial charge in [-0.1, -0.05) is 35.9 Å². The molecule has 0 spiro atoms. The summed E-state index contributed by atoms with van der Waals surface area (Å²) in [5.41, 5.74) is 2.75. The standard InChI is InChI=1S/C21H21ClN2O2/c1-13(2)24(21(26)16-8-5-9-18(22)11-16)12-17-10-15-7-4-6-14(3)19(15)23-20(17)25/h4-11,13H,12H2,1-3H3,(H,23,25). The summed E-state index contributed by atoms with van der Waals surface area (Å²) in [4.78, 5) is 30.1. The molecule has 134 valence electrons. The minimum Gasteiger partial charge on any atom is -0.332 e. The van der Waals surface area contributed by atoms with Crippen molar-refractivity contribution >= 4 is 28.4 Å². The SMILES string of the molecule is Cc1cccc2cc(CN(C(=O)c3cccc(Cl)c3)C(C)C)c(=O)[nH]c12. The summed E-state index contributed by atoms with van der Waals surface area (Å²) in [6.45, 7) is 6.06. The number of rotatable bonds is 4. The van der Waals surface area contributed by atoms with E-state index in [1.807, 2.05) is 45.0 Å². The number of carbonyl (C=O) groups is 1. The molecule has 0 unspecified atom stereocenters. The second-order valence-corrected chi connectivity index (χ2v) is 7.14. The highest BCUT2D eigenvalue weighted by molar-refractivity contribution is 6.30. The van der Waals surface area contributed by atoms with Crippen LogP contribution in [0.1, 0.15) is 35.3 Å². The maximum atomic E-state index is 12.9. The maximum absolute atomic E-state index is 12.9. The molecular weight excluding hydrogens is 348 g/mol. The molecule has 26 heavy (non-hydrogen) atoms. The van der Waals surface area contributed by atoms with Crippen molar-refractivity contribution in [1.82, 2.24) is 9.88 Å². The van der Waals surface area contributed by atoms with Gasteiger partial charge in [-0.05, 0) is 56.0 Å². The monoisotopic (exact) mass is 368 g/mol. The highest BCUT2D eigenvalue weighted by Crippen LogP contribution is 2.19. The smallest absolute Gasteiger partial charge is 0.254 e. The number of fused-ring (bicyclic) bond motifs is 1. The van der Waals surface area contributed by atoms with E-state index in [4.69, 9.17) is 11.6 Å². The van der Waals surface area contributed by atoms with Crippen LogP contribution in [-0.4, -0.2) is 21.8 Å². The summed E-state index contributed by atoms with van der Waals surface area (Å²) in [7, 11) is 0. The molecule has 3 rings (SSSR count). The lowest BCUT2D eigenvalue weighted by Gasteiger charge is -2.27. The van der Waals surface area contributed by atoms with E-state index < -0.39 is 0 Å². The summed E-state index contributed by atoms with van der Waals surface area (Å²) >= 11 is 6.01. The van der Waals surface area contributed by atoms with Gasteiger partial charge in [-0.2, -0.15) is 0 Å². The van der Waals surface area contributed by atoms with Gasteiger partial charge in [0.05, 0.1) is 12.1 Å². The topological polar surface area (TPSA) is 53.2 Å². The molecule has 3 aromatic rings. The van der Waals surface area contributed by atoms with E-state index in [0.29, 0.717) is 16.1 Å². The molecule has 2 aromatic carbocycles. The maximum Gasteiger partial charge on any atom is 0.254 e. The van der Waals surface area contributed by atoms with Crippen molar-refractivity contribution in [3.05, 3.63) is 80.6 Å². The lowest BCUT2D eigenvalue weighted by molar-refractivity contribution is 0.0689.